The number of aryl methyl sites for hydroxylation is 1. The lowest BCUT2D eigenvalue weighted by molar-refractivity contribution is 0.725. The molecule has 0 atom stereocenters. The van der Waals surface area contributed by atoms with E-state index in [2.05, 4.69) is 5.10 Å². The quantitative estimate of drug-likeness (QED) is 0.615. The van der Waals surface area contributed by atoms with E-state index in [0.717, 1.165) is 23.5 Å². The summed E-state index contributed by atoms with van der Waals surface area (Å²) < 4.78 is 1.84. The summed E-state index contributed by atoms with van der Waals surface area (Å²) in [6.45, 7) is 0. The van der Waals surface area contributed by atoms with Gasteiger partial charge in [0.25, 0.3) is 5.56 Å². The molecular weight excluding hydrogens is 160 g/mol. The van der Waals surface area contributed by atoms with Gasteiger partial charge in [-0.1, -0.05) is 0 Å². The molecule has 0 unspecified atom stereocenters. The normalized spacial score (nSPS) is 16.5. The van der Waals surface area contributed by atoms with Gasteiger partial charge in [-0.2, -0.15) is 11.8 Å². The third kappa shape index (κ3) is 1.01. The fourth-order valence-corrected chi connectivity index (χ4v) is 2.46. The van der Waals surface area contributed by atoms with Crippen LogP contribution in [0.5, 0.6) is 0 Å². The van der Waals surface area contributed by atoms with Crippen LogP contribution >= 0.6 is 11.8 Å². The van der Waals surface area contributed by atoms with E-state index in [0.29, 0.717) is 0 Å². The minimum atomic E-state index is 0.0998. The summed E-state index contributed by atoms with van der Waals surface area (Å²) in [5.41, 5.74) is 2.26. The number of nitrogens with one attached hydrogen (secondary N) is 1. The molecule has 0 bridgehead atoms. The fraction of sp³-hybridized carbons (Fsp3) is 0.571. The van der Waals surface area contributed by atoms with Gasteiger partial charge >= 0.3 is 0 Å². The Morgan fingerprint density at radius 1 is 1.64 bits per heavy atom. The molecule has 0 aromatic carbocycles. The minimum absolute atomic E-state index is 0.0998. The summed E-state index contributed by atoms with van der Waals surface area (Å²) in [5.74, 6) is 2.06. The highest BCUT2D eigenvalue weighted by Crippen LogP contribution is 2.20. The Morgan fingerprint density at radius 2 is 2.45 bits per heavy atom. The van der Waals surface area contributed by atoms with Crippen LogP contribution in [0.1, 0.15) is 11.3 Å². The number of aromatic amines is 1. The summed E-state index contributed by atoms with van der Waals surface area (Å²) in [7, 11) is 1.89. The zero-order valence-corrected chi connectivity index (χ0v) is 7.20. The van der Waals surface area contributed by atoms with Gasteiger partial charge in [0.1, 0.15) is 0 Å². The van der Waals surface area contributed by atoms with Crippen LogP contribution in [0.4, 0.5) is 0 Å². The van der Waals surface area contributed by atoms with Crippen LogP contribution in [0.2, 0.25) is 0 Å². The van der Waals surface area contributed by atoms with Crippen LogP contribution in [0.15, 0.2) is 4.79 Å². The van der Waals surface area contributed by atoms with E-state index >= 15 is 0 Å². The Kier molecular flexibility index (Phi) is 1.56. The third-order valence-electron chi connectivity index (χ3n) is 2.03. The monoisotopic (exact) mass is 170 g/mol. The molecule has 1 aromatic rings. The second-order valence-electron chi connectivity index (χ2n) is 2.73. The van der Waals surface area contributed by atoms with Crippen LogP contribution in [0.25, 0.3) is 0 Å². The molecule has 0 spiro atoms. The maximum absolute atomic E-state index is 11.2. The maximum Gasteiger partial charge on any atom is 0.267 e. The van der Waals surface area contributed by atoms with Crippen molar-refractivity contribution in [3.63, 3.8) is 0 Å². The van der Waals surface area contributed by atoms with E-state index in [4.69, 9.17) is 0 Å². The van der Waals surface area contributed by atoms with Crippen molar-refractivity contribution in [3.8, 4) is 0 Å². The Hall–Kier alpha value is -0.640. The first-order valence-corrected chi connectivity index (χ1v) is 4.79. The number of hydrogen-bond acceptors (Lipinski definition) is 2. The Bertz CT molecular complexity index is 326. The van der Waals surface area contributed by atoms with E-state index in [1.165, 1.54) is 5.69 Å². The molecule has 11 heavy (non-hydrogen) atoms. The molecule has 0 aliphatic carbocycles. The van der Waals surface area contributed by atoms with Crippen LogP contribution in [0.3, 0.4) is 0 Å². The molecule has 60 valence electrons. The molecule has 0 amide bonds. The summed E-state index contributed by atoms with van der Waals surface area (Å²) in [4.78, 5) is 11.2. The van der Waals surface area contributed by atoms with Crippen LogP contribution < -0.4 is 5.56 Å². The molecule has 1 N–H and O–H groups in total. The van der Waals surface area contributed by atoms with Gasteiger partial charge in [-0.15, -0.1) is 0 Å². The molecule has 1 aromatic heterocycles. The molecule has 0 saturated heterocycles. The molecule has 4 heteroatoms. The lowest BCUT2D eigenvalue weighted by Gasteiger charge is -2.10. The van der Waals surface area contributed by atoms with Gasteiger partial charge in [0, 0.05) is 18.4 Å². The second-order valence-corrected chi connectivity index (χ2v) is 3.83. The number of fused-ring (bicyclic) bond motifs is 1. The fourth-order valence-electron chi connectivity index (χ4n) is 1.41. The Morgan fingerprint density at radius 3 is 3.18 bits per heavy atom. The van der Waals surface area contributed by atoms with Crippen LogP contribution in [-0.2, 0) is 19.2 Å². The summed E-state index contributed by atoms with van der Waals surface area (Å²) in [5, 5.41) is 2.77. The first kappa shape index (κ1) is 7.03. The zero-order valence-electron chi connectivity index (χ0n) is 6.39. The molecule has 0 radical (unpaired) electrons. The van der Waals surface area contributed by atoms with Gasteiger partial charge in [-0.05, 0) is 12.2 Å². The van der Waals surface area contributed by atoms with E-state index in [1.54, 1.807) is 0 Å². The maximum atomic E-state index is 11.2. The van der Waals surface area contributed by atoms with Crippen molar-refractivity contribution in [2.24, 2.45) is 7.05 Å². The average molecular weight is 170 g/mol. The Labute approximate surface area is 68.8 Å². The van der Waals surface area contributed by atoms with Gasteiger partial charge < -0.3 is 0 Å². The highest BCUT2D eigenvalue weighted by Gasteiger charge is 2.16. The topological polar surface area (TPSA) is 37.8 Å². The SMILES string of the molecule is Cn1[nH]c(=O)c2c1CSCC2. The van der Waals surface area contributed by atoms with Crippen molar-refractivity contribution >= 4 is 11.8 Å². The predicted octanol–water partition coefficient (Wildman–Crippen LogP) is 0.503. The number of hydrogen-bond donors (Lipinski definition) is 1. The summed E-state index contributed by atoms with van der Waals surface area (Å²) in [6, 6.07) is 0. The van der Waals surface area contributed by atoms with Crippen molar-refractivity contribution in [2.45, 2.75) is 12.2 Å². The zero-order chi connectivity index (χ0) is 7.84. The van der Waals surface area contributed by atoms with Crippen molar-refractivity contribution in [2.75, 3.05) is 5.75 Å². The number of rotatable bonds is 0. The predicted molar refractivity (Wildman–Crippen MR) is 45.9 cm³/mol. The first-order valence-electron chi connectivity index (χ1n) is 3.63. The molecule has 2 rings (SSSR count). The number of nitrogens with zero attached hydrogens (tertiary/aromatic N) is 1. The van der Waals surface area contributed by atoms with E-state index in [9.17, 15) is 4.79 Å². The molecule has 1 aliphatic rings. The second kappa shape index (κ2) is 2.44. The minimum Gasteiger partial charge on any atom is -0.291 e. The molecule has 2 heterocycles. The molecule has 0 fully saturated rings. The first-order chi connectivity index (χ1) is 5.29. The van der Waals surface area contributed by atoms with E-state index in [-0.39, 0.29) is 5.56 Å². The number of thioether (sulfide) groups is 1. The van der Waals surface area contributed by atoms with Gasteiger partial charge in [0.15, 0.2) is 0 Å². The van der Waals surface area contributed by atoms with Gasteiger partial charge in [0.2, 0.25) is 0 Å². The highest BCUT2D eigenvalue weighted by molar-refractivity contribution is 7.98. The van der Waals surface area contributed by atoms with Crippen molar-refractivity contribution in [1.29, 1.82) is 0 Å². The smallest absolute Gasteiger partial charge is 0.267 e. The largest absolute Gasteiger partial charge is 0.291 e. The number of H-pyrrole nitrogens is 1. The lowest BCUT2D eigenvalue weighted by Crippen LogP contribution is -2.10. The summed E-state index contributed by atoms with van der Waals surface area (Å²) >= 11 is 1.89. The molecule has 3 nitrogen and oxygen atoms in total. The van der Waals surface area contributed by atoms with Crippen LogP contribution in [0, 0.1) is 0 Å². The summed E-state index contributed by atoms with van der Waals surface area (Å²) in [6.07, 6.45) is 0.927. The van der Waals surface area contributed by atoms with Gasteiger partial charge in [-0.3, -0.25) is 14.6 Å². The third-order valence-corrected chi connectivity index (χ3v) is 3.00. The van der Waals surface area contributed by atoms with E-state index in [1.807, 2.05) is 23.5 Å². The van der Waals surface area contributed by atoms with E-state index < -0.39 is 0 Å². The van der Waals surface area contributed by atoms with Gasteiger partial charge in [0.05, 0.1) is 5.69 Å². The molecule has 0 saturated carbocycles. The lowest BCUT2D eigenvalue weighted by atomic mass is 10.2. The molecule has 1 aliphatic heterocycles. The van der Waals surface area contributed by atoms with Crippen LogP contribution in [-0.4, -0.2) is 15.5 Å². The van der Waals surface area contributed by atoms with Crippen molar-refractivity contribution in [3.05, 3.63) is 21.6 Å². The van der Waals surface area contributed by atoms with Crippen molar-refractivity contribution in [1.82, 2.24) is 9.78 Å². The van der Waals surface area contributed by atoms with Gasteiger partial charge in [-0.25, -0.2) is 0 Å². The average Bonchev–Trinajstić information content (AvgIpc) is 2.30. The Balaban J connectivity index is 2.61. The standard InChI is InChI=1S/C7H10N2OS/c1-9-6-4-11-3-2-5(6)7(10)8-9/h2-4H2,1H3,(H,8,10). The highest BCUT2D eigenvalue weighted by atomic mass is 32.2. The molecular formula is C7H10N2OS. The number of aromatic nitrogens is 2. The van der Waals surface area contributed by atoms with Crippen molar-refractivity contribution < 1.29 is 0 Å².